The number of rotatable bonds is 5. The quantitative estimate of drug-likeness (QED) is 0.686. The molecule has 0 aliphatic carbocycles. The Balaban J connectivity index is 2.26. The minimum Gasteiger partial charge on any atom is -0.496 e. The maximum absolute atomic E-state index is 12.5. The zero-order chi connectivity index (χ0) is 18.7. The number of pyridine rings is 1. The predicted octanol–water partition coefficient (Wildman–Crippen LogP) is 4.55. The molecule has 0 fully saturated rings. The first kappa shape index (κ1) is 17.7. The number of carbonyl (C=O) groups is 1. The fraction of sp³-hybridized carbons (Fsp3) is 0.238. The molecule has 5 heteroatoms. The van der Waals surface area contributed by atoms with Crippen LogP contribution in [0.3, 0.4) is 0 Å². The zero-order valence-electron chi connectivity index (χ0n) is 15.4. The lowest BCUT2D eigenvalue weighted by Crippen LogP contribution is -2.07. The van der Waals surface area contributed by atoms with Gasteiger partial charge in [-0.3, -0.25) is 4.98 Å². The third-order valence-electron chi connectivity index (χ3n) is 4.30. The summed E-state index contributed by atoms with van der Waals surface area (Å²) in [7, 11) is 1.65. The van der Waals surface area contributed by atoms with Gasteiger partial charge in [-0.15, -0.1) is 0 Å². The average molecular weight is 350 g/mol. The van der Waals surface area contributed by atoms with Crippen LogP contribution in [0.2, 0.25) is 0 Å². The van der Waals surface area contributed by atoms with Gasteiger partial charge in [0.15, 0.2) is 0 Å². The molecule has 134 valence electrons. The highest BCUT2D eigenvalue weighted by Crippen LogP contribution is 2.38. The standard InChI is InChI=1S/C21H22N2O3/c1-5-26-21(24)20-19(17-10-6-8-13(2)23-17)16(12-22-20)15-9-7-11-18(25-4)14(15)3/h6-12,22H,5H2,1-4H3. The number of carbonyl (C=O) groups excluding carboxylic acids is 1. The van der Waals surface area contributed by atoms with Crippen LogP contribution in [0.4, 0.5) is 0 Å². The summed E-state index contributed by atoms with van der Waals surface area (Å²) in [6, 6.07) is 11.6. The summed E-state index contributed by atoms with van der Waals surface area (Å²) in [6.45, 7) is 6.03. The summed E-state index contributed by atoms with van der Waals surface area (Å²) in [6.07, 6.45) is 1.83. The molecule has 0 saturated heterocycles. The Morgan fingerprint density at radius 3 is 2.58 bits per heavy atom. The molecule has 5 nitrogen and oxygen atoms in total. The average Bonchev–Trinajstić information content (AvgIpc) is 3.07. The summed E-state index contributed by atoms with van der Waals surface area (Å²) in [5, 5.41) is 0. The first-order chi connectivity index (χ1) is 12.6. The number of hydrogen-bond donors (Lipinski definition) is 1. The van der Waals surface area contributed by atoms with Gasteiger partial charge in [0.05, 0.1) is 19.4 Å². The molecule has 3 rings (SSSR count). The van der Waals surface area contributed by atoms with Gasteiger partial charge in [0.2, 0.25) is 0 Å². The lowest BCUT2D eigenvalue weighted by molar-refractivity contribution is 0.0521. The largest absolute Gasteiger partial charge is 0.496 e. The summed E-state index contributed by atoms with van der Waals surface area (Å²) < 4.78 is 10.7. The highest BCUT2D eigenvalue weighted by molar-refractivity contribution is 6.01. The Kier molecular flexibility index (Phi) is 5.07. The summed E-state index contributed by atoms with van der Waals surface area (Å²) in [4.78, 5) is 20.2. The van der Waals surface area contributed by atoms with Crippen molar-refractivity contribution in [3.8, 4) is 28.1 Å². The molecule has 0 bridgehead atoms. The SMILES string of the molecule is CCOC(=O)c1[nH]cc(-c2cccc(OC)c2C)c1-c1cccc(C)n1. The smallest absolute Gasteiger partial charge is 0.355 e. The minimum absolute atomic E-state index is 0.312. The van der Waals surface area contributed by atoms with Gasteiger partial charge in [-0.25, -0.2) is 4.79 Å². The lowest BCUT2D eigenvalue weighted by Gasteiger charge is -2.12. The number of benzene rings is 1. The highest BCUT2D eigenvalue weighted by atomic mass is 16.5. The number of ether oxygens (including phenoxy) is 2. The van der Waals surface area contributed by atoms with Gasteiger partial charge < -0.3 is 14.5 Å². The van der Waals surface area contributed by atoms with Crippen molar-refractivity contribution in [3.05, 3.63) is 59.5 Å². The van der Waals surface area contributed by atoms with E-state index in [4.69, 9.17) is 9.47 Å². The van der Waals surface area contributed by atoms with Crippen LogP contribution in [0.25, 0.3) is 22.4 Å². The van der Waals surface area contributed by atoms with E-state index >= 15 is 0 Å². The second kappa shape index (κ2) is 7.44. The van der Waals surface area contributed by atoms with Gasteiger partial charge in [0.1, 0.15) is 11.4 Å². The molecule has 0 radical (unpaired) electrons. The van der Waals surface area contributed by atoms with Gasteiger partial charge in [-0.2, -0.15) is 0 Å². The van der Waals surface area contributed by atoms with Crippen LogP contribution in [0.5, 0.6) is 5.75 Å². The lowest BCUT2D eigenvalue weighted by atomic mass is 9.96. The molecule has 1 aromatic carbocycles. The fourth-order valence-corrected chi connectivity index (χ4v) is 3.08. The Morgan fingerprint density at radius 1 is 1.12 bits per heavy atom. The molecule has 1 N–H and O–H groups in total. The van der Waals surface area contributed by atoms with Crippen LogP contribution < -0.4 is 4.74 Å². The van der Waals surface area contributed by atoms with Crippen LogP contribution in [-0.4, -0.2) is 29.7 Å². The van der Waals surface area contributed by atoms with E-state index in [9.17, 15) is 4.79 Å². The Bertz CT molecular complexity index is 944. The van der Waals surface area contributed by atoms with Crippen molar-refractivity contribution in [2.24, 2.45) is 0 Å². The molecule has 2 aromatic heterocycles. The molecule has 0 aliphatic heterocycles. The summed E-state index contributed by atoms with van der Waals surface area (Å²) in [5.74, 6) is 0.405. The third-order valence-corrected chi connectivity index (χ3v) is 4.30. The van der Waals surface area contributed by atoms with Crippen molar-refractivity contribution >= 4 is 5.97 Å². The van der Waals surface area contributed by atoms with Crippen LogP contribution in [0, 0.1) is 13.8 Å². The second-order valence-corrected chi connectivity index (χ2v) is 5.97. The number of H-pyrrole nitrogens is 1. The van der Waals surface area contributed by atoms with E-state index in [1.807, 2.05) is 56.4 Å². The van der Waals surface area contributed by atoms with E-state index < -0.39 is 5.97 Å². The molecule has 0 amide bonds. The number of hydrogen-bond acceptors (Lipinski definition) is 4. The summed E-state index contributed by atoms with van der Waals surface area (Å²) in [5.41, 5.74) is 5.62. The molecule has 2 heterocycles. The molecule has 0 saturated carbocycles. The topological polar surface area (TPSA) is 64.2 Å². The molecule has 0 spiro atoms. The van der Waals surface area contributed by atoms with Crippen molar-refractivity contribution in [1.82, 2.24) is 9.97 Å². The summed E-state index contributed by atoms with van der Waals surface area (Å²) >= 11 is 0. The van der Waals surface area contributed by atoms with Gasteiger partial charge in [-0.05, 0) is 50.1 Å². The first-order valence-corrected chi connectivity index (χ1v) is 8.53. The normalized spacial score (nSPS) is 10.6. The molecule has 0 aliphatic rings. The molecule has 0 atom stereocenters. The number of methoxy groups -OCH3 is 1. The molecule has 0 unspecified atom stereocenters. The van der Waals surface area contributed by atoms with Gasteiger partial charge in [0.25, 0.3) is 0 Å². The van der Waals surface area contributed by atoms with Crippen LogP contribution in [0.1, 0.15) is 28.7 Å². The van der Waals surface area contributed by atoms with Crippen molar-refractivity contribution in [2.45, 2.75) is 20.8 Å². The van der Waals surface area contributed by atoms with E-state index in [0.29, 0.717) is 12.3 Å². The number of nitrogens with zero attached hydrogens (tertiary/aromatic N) is 1. The molecular weight excluding hydrogens is 328 g/mol. The molecule has 26 heavy (non-hydrogen) atoms. The maximum atomic E-state index is 12.5. The Morgan fingerprint density at radius 2 is 1.88 bits per heavy atom. The highest BCUT2D eigenvalue weighted by Gasteiger charge is 2.23. The number of esters is 1. The second-order valence-electron chi connectivity index (χ2n) is 5.97. The van der Waals surface area contributed by atoms with Crippen LogP contribution in [0.15, 0.2) is 42.6 Å². The number of aromatic amines is 1. The fourth-order valence-electron chi connectivity index (χ4n) is 3.08. The number of aryl methyl sites for hydroxylation is 1. The van der Waals surface area contributed by atoms with Gasteiger partial charge in [0, 0.05) is 23.0 Å². The maximum Gasteiger partial charge on any atom is 0.355 e. The first-order valence-electron chi connectivity index (χ1n) is 8.53. The molecule has 3 aromatic rings. The van der Waals surface area contributed by atoms with Crippen molar-refractivity contribution in [2.75, 3.05) is 13.7 Å². The van der Waals surface area contributed by atoms with E-state index in [1.54, 1.807) is 14.0 Å². The van der Waals surface area contributed by atoms with Gasteiger partial charge >= 0.3 is 5.97 Å². The minimum atomic E-state index is -0.391. The van der Waals surface area contributed by atoms with Crippen LogP contribution in [-0.2, 0) is 4.74 Å². The van der Waals surface area contributed by atoms with Crippen molar-refractivity contribution < 1.29 is 14.3 Å². The third kappa shape index (κ3) is 3.20. The van der Waals surface area contributed by atoms with Crippen molar-refractivity contribution in [3.63, 3.8) is 0 Å². The van der Waals surface area contributed by atoms with E-state index in [-0.39, 0.29) is 0 Å². The van der Waals surface area contributed by atoms with E-state index in [0.717, 1.165) is 39.4 Å². The van der Waals surface area contributed by atoms with Gasteiger partial charge in [-0.1, -0.05) is 18.2 Å². The monoisotopic (exact) mass is 350 g/mol. The predicted molar refractivity (Wildman–Crippen MR) is 101 cm³/mol. The Labute approximate surface area is 153 Å². The number of nitrogens with one attached hydrogen (secondary N) is 1. The number of aromatic nitrogens is 2. The zero-order valence-corrected chi connectivity index (χ0v) is 15.4. The molecular formula is C21H22N2O3. The van der Waals surface area contributed by atoms with E-state index in [2.05, 4.69) is 9.97 Å². The van der Waals surface area contributed by atoms with E-state index in [1.165, 1.54) is 0 Å². The van der Waals surface area contributed by atoms with Crippen LogP contribution >= 0.6 is 0 Å². The Hall–Kier alpha value is -3.08. The van der Waals surface area contributed by atoms with Crippen molar-refractivity contribution in [1.29, 1.82) is 0 Å².